The van der Waals surface area contributed by atoms with Gasteiger partial charge in [-0.25, -0.2) is 0 Å². The van der Waals surface area contributed by atoms with E-state index in [0.717, 1.165) is 15.6 Å². The SMILES string of the molecule is Cc1cc(C)c(C#Cc2c(C)cc(C)cc2Br)c(C)c1. The van der Waals surface area contributed by atoms with Gasteiger partial charge in [0.1, 0.15) is 0 Å². The molecule has 0 atom stereocenters. The van der Waals surface area contributed by atoms with E-state index in [1.54, 1.807) is 0 Å². The third kappa shape index (κ3) is 3.14. The molecular weight excluding hydrogens is 308 g/mol. The van der Waals surface area contributed by atoms with Crippen LogP contribution in [0.3, 0.4) is 0 Å². The summed E-state index contributed by atoms with van der Waals surface area (Å²) in [4.78, 5) is 0. The Morgan fingerprint density at radius 1 is 0.650 bits per heavy atom. The minimum Gasteiger partial charge on any atom is -0.0610 e. The van der Waals surface area contributed by atoms with Crippen LogP contribution in [0.15, 0.2) is 28.7 Å². The molecule has 0 aliphatic heterocycles. The van der Waals surface area contributed by atoms with Crippen LogP contribution in [0.1, 0.15) is 38.9 Å². The summed E-state index contributed by atoms with van der Waals surface area (Å²) in [6.45, 7) is 10.6. The molecule has 20 heavy (non-hydrogen) atoms. The number of hydrogen-bond acceptors (Lipinski definition) is 0. The summed E-state index contributed by atoms with van der Waals surface area (Å²) in [6.07, 6.45) is 0. The Bertz CT molecular complexity index is 620. The summed E-state index contributed by atoms with van der Waals surface area (Å²) in [5.41, 5.74) is 8.47. The zero-order chi connectivity index (χ0) is 14.9. The van der Waals surface area contributed by atoms with Crippen molar-refractivity contribution in [3.63, 3.8) is 0 Å². The Hall–Kier alpha value is -1.52. The maximum atomic E-state index is 3.62. The van der Waals surface area contributed by atoms with Gasteiger partial charge in [-0.1, -0.05) is 35.6 Å². The second kappa shape index (κ2) is 5.85. The Morgan fingerprint density at radius 2 is 1.05 bits per heavy atom. The highest BCUT2D eigenvalue weighted by atomic mass is 79.9. The van der Waals surface area contributed by atoms with Crippen LogP contribution in [-0.4, -0.2) is 0 Å². The van der Waals surface area contributed by atoms with E-state index in [1.807, 2.05) is 0 Å². The molecule has 1 heteroatoms. The standard InChI is InChI=1S/C19H19Br/c1-12-8-14(3)17(15(4)9-12)6-7-18-16(5)10-13(2)11-19(18)20/h8-11H,1-5H3. The fraction of sp³-hybridized carbons (Fsp3) is 0.263. The number of hydrogen-bond donors (Lipinski definition) is 0. The van der Waals surface area contributed by atoms with Gasteiger partial charge in [0.25, 0.3) is 0 Å². The van der Waals surface area contributed by atoms with Crippen LogP contribution < -0.4 is 0 Å². The van der Waals surface area contributed by atoms with E-state index in [0.29, 0.717) is 0 Å². The molecule has 0 fully saturated rings. The first-order valence-electron chi connectivity index (χ1n) is 6.75. The van der Waals surface area contributed by atoms with Crippen molar-refractivity contribution < 1.29 is 0 Å². The van der Waals surface area contributed by atoms with Crippen molar-refractivity contribution in [3.05, 3.63) is 67.7 Å². The van der Waals surface area contributed by atoms with Gasteiger partial charge in [-0.3, -0.25) is 0 Å². The fourth-order valence-electron chi connectivity index (χ4n) is 2.58. The van der Waals surface area contributed by atoms with Crippen LogP contribution in [0.2, 0.25) is 0 Å². The summed E-state index contributed by atoms with van der Waals surface area (Å²) in [7, 11) is 0. The van der Waals surface area contributed by atoms with Gasteiger partial charge < -0.3 is 0 Å². The van der Waals surface area contributed by atoms with E-state index in [9.17, 15) is 0 Å². The van der Waals surface area contributed by atoms with E-state index in [-0.39, 0.29) is 0 Å². The lowest BCUT2D eigenvalue weighted by atomic mass is 9.99. The van der Waals surface area contributed by atoms with E-state index >= 15 is 0 Å². The molecule has 0 radical (unpaired) electrons. The molecule has 0 N–H and O–H groups in total. The summed E-state index contributed by atoms with van der Waals surface area (Å²) in [6, 6.07) is 8.66. The quantitative estimate of drug-likeness (QED) is 0.569. The summed E-state index contributed by atoms with van der Waals surface area (Å²) in [5, 5.41) is 0. The zero-order valence-electron chi connectivity index (χ0n) is 12.7. The Balaban J connectivity index is 2.52. The third-order valence-electron chi connectivity index (χ3n) is 3.42. The van der Waals surface area contributed by atoms with Crippen molar-refractivity contribution >= 4 is 15.9 Å². The van der Waals surface area contributed by atoms with Crippen LogP contribution in [0.4, 0.5) is 0 Å². The first-order chi connectivity index (χ1) is 9.38. The van der Waals surface area contributed by atoms with Gasteiger partial charge >= 0.3 is 0 Å². The van der Waals surface area contributed by atoms with Gasteiger partial charge in [-0.15, -0.1) is 0 Å². The van der Waals surface area contributed by atoms with Gasteiger partial charge in [-0.05, 0) is 78.9 Å². The average Bonchev–Trinajstić information content (AvgIpc) is 2.30. The van der Waals surface area contributed by atoms with Gasteiger partial charge in [0.05, 0.1) is 0 Å². The Kier molecular flexibility index (Phi) is 4.35. The lowest BCUT2D eigenvalue weighted by Crippen LogP contribution is -1.91. The molecule has 0 unspecified atom stereocenters. The van der Waals surface area contributed by atoms with Crippen LogP contribution in [0, 0.1) is 46.5 Å². The second-order valence-corrected chi connectivity index (χ2v) is 6.32. The van der Waals surface area contributed by atoms with Crippen LogP contribution in [-0.2, 0) is 0 Å². The number of aryl methyl sites for hydroxylation is 5. The number of benzene rings is 2. The summed E-state index contributed by atoms with van der Waals surface area (Å²) in [5.74, 6) is 6.67. The smallest absolute Gasteiger partial charge is 0.0420 e. The largest absolute Gasteiger partial charge is 0.0610 e. The normalized spacial score (nSPS) is 10.1. The van der Waals surface area contributed by atoms with Crippen LogP contribution in [0.25, 0.3) is 0 Å². The molecule has 0 saturated heterocycles. The van der Waals surface area contributed by atoms with Crippen molar-refractivity contribution in [3.8, 4) is 11.8 Å². The van der Waals surface area contributed by atoms with E-state index in [2.05, 4.69) is 86.7 Å². The highest BCUT2D eigenvalue weighted by molar-refractivity contribution is 9.10. The number of halogens is 1. The first-order valence-corrected chi connectivity index (χ1v) is 7.54. The minimum absolute atomic E-state index is 1.07. The van der Waals surface area contributed by atoms with Gasteiger partial charge in [-0.2, -0.15) is 0 Å². The van der Waals surface area contributed by atoms with E-state index < -0.39 is 0 Å². The van der Waals surface area contributed by atoms with Gasteiger partial charge in [0.2, 0.25) is 0 Å². The van der Waals surface area contributed by atoms with Crippen LogP contribution in [0.5, 0.6) is 0 Å². The summed E-state index contributed by atoms with van der Waals surface area (Å²) >= 11 is 3.62. The molecule has 2 aromatic carbocycles. The molecule has 102 valence electrons. The zero-order valence-corrected chi connectivity index (χ0v) is 14.3. The Labute approximate surface area is 130 Å². The average molecular weight is 327 g/mol. The first kappa shape index (κ1) is 14.9. The molecule has 0 spiro atoms. The van der Waals surface area contributed by atoms with Crippen LogP contribution >= 0.6 is 15.9 Å². The molecule has 0 bridgehead atoms. The van der Waals surface area contributed by atoms with Crippen molar-refractivity contribution in [2.45, 2.75) is 34.6 Å². The topological polar surface area (TPSA) is 0 Å². The van der Waals surface area contributed by atoms with E-state index in [1.165, 1.54) is 27.8 Å². The van der Waals surface area contributed by atoms with Gasteiger partial charge in [0, 0.05) is 15.6 Å². The predicted octanol–water partition coefficient (Wildman–Crippen LogP) is 5.39. The minimum atomic E-state index is 1.07. The molecule has 0 aliphatic rings. The molecule has 0 amide bonds. The molecular formula is C19H19Br. The van der Waals surface area contributed by atoms with E-state index in [4.69, 9.17) is 0 Å². The molecule has 2 rings (SSSR count). The highest BCUT2D eigenvalue weighted by Gasteiger charge is 2.04. The second-order valence-electron chi connectivity index (χ2n) is 5.46. The summed E-state index contributed by atoms with van der Waals surface area (Å²) < 4.78 is 1.07. The lowest BCUT2D eigenvalue weighted by molar-refractivity contribution is 1.29. The monoisotopic (exact) mass is 326 g/mol. The van der Waals surface area contributed by atoms with Crippen molar-refractivity contribution in [2.75, 3.05) is 0 Å². The molecule has 0 nitrogen and oxygen atoms in total. The molecule has 2 aromatic rings. The van der Waals surface area contributed by atoms with Crippen molar-refractivity contribution in [1.82, 2.24) is 0 Å². The molecule has 0 aliphatic carbocycles. The third-order valence-corrected chi connectivity index (χ3v) is 4.05. The maximum absolute atomic E-state index is 3.62. The fourth-order valence-corrected chi connectivity index (χ4v) is 3.35. The molecule has 0 saturated carbocycles. The highest BCUT2D eigenvalue weighted by Crippen LogP contribution is 2.22. The van der Waals surface area contributed by atoms with Crippen molar-refractivity contribution in [1.29, 1.82) is 0 Å². The van der Waals surface area contributed by atoms with Gasteiger partial charge in [0.15, 0.2) is 0 Å². The molecule has 0 aromatic heterocycles. The number of rotatable bonds is 0. The predicted molar refractivity (Wildman–Crippen MR) is 90.2 cm³/mol. The lowest BCUT2D eigenvalue weighted by Gasteiger charge is -2.06. The molecule has 0 heterocycles. The maximum Gasteiger partial charge on any atom is 0.0420 e. The Morgan fingerprint density at radius 3 is 1.55 bits per heavy atom. The van der Waals surface area contributed by atoms with Crippen molar-refractivity contribution in [2.24, 2.45) is 0 Å².